The highest BCUT2D eigenvalue weighted by Gasteiger charge is 2.15. The molecule has 0 spiro atoms. The van der Waals surface area contributed by atoms with Crippen molar-refractivity contribution in [1.29, 1.82) is 0 Å². The molecular formula is C22H20ClFN2O4S. The van der Waals surface area contributed by atoms with Crippen LogP contribution in [-0.4, -0.2) is 21.4 Å². The van der Waals surface area contributed by atoms with Gasteiger partial charge in [-0.1, -0.05) is 23.7 Å². The summed E-state index contributed by atoms with van der Waals surface area (Å²) < 4.78 is 46.3. The van der Waals surface area contributed by atoms with Gasteiger partial charge in [0.2, 0.25) is 5.91 Å². The number of rotatable bonds is 8. The molecule has 3 aromatic carbocycles. The van der Waals surface area contributed by atoms with Gasteiger partial charge in [0.05, 0.1) is 12.0 Å². The monoisotopic (exact) mass is 462 g/mol. The van der Waals surface area contributed by atoms with Crippen molar-refractivity contribution < 1.29 is 22.3 Å². The zero-order valence-electron chi connectivity index (χ0n) is 16.6. The summed E-state index contributed by atoms with van der Waals surface area (Å²) in [6.07, 6.45) is 0.425. The summed E-state index contributed by atoms with van der Waals surface area (Å²) >= 11 is 5.81. The van der Waals surface area contributed by atoms with Crippen LogP contribution < -0.4 is 14.8 Å². The Morgan fingerprint density at radius 2 is 1.77 bits per heavy atom. The van der Waals surface area contributed by atoms with E-state index in [-0.39, 0.29) is 23.0 Å². The van der Waals surface area contributed by atoms with E-state index in [1.165, 1.54) is 37.4 Å². The second-order valence-electron chi connectivity index (χ2n) is 6.66. The van der Waals surface area contributed by atoms with Crippen molar-refractivity contribution in [3.63, 3.8) is 0 Å². The summed E-state index contributed by atoms with van der Waals surface area (Å²) in [7, 11) is -2.47. The smallest absolute Gasteiger partial charge is 0.261 e. The quantitative estimate of drug-likeness (QED) is 0.500. The van der Waals surface area contributed by atoms with Crippen LogP contribution in [0.1, 0.15) is 12.0 Å². The largest absolute Gasteiger partial charge is 0.494 e. The van der Waals surface area contributed by atoms with Gasteiger partial charge in [-0.3, -0.25) is 9.52 Å². The van der Waals surface area contributed by atoms with Crippen molar-refractivity contribution >= 4 is 38.9 Å². The average molecular weight is 463 g/mol. The summed E-state index contributed by atoms with van der Waals surface area (Å²) in [6, 6.07) is 16.7. The number of hydrogen-bond donors (Lipinski definition) is 2. The number of sulfonamides is 1. The fourth-order valence-electron chi connectivity index (χ4n) is 2.82. The molecule has 9 heteroatoms. The molecule has 162 valence electrons. The van der Waals surface area contributed by atoms with Crippen molar-refractivity contribution in [2.24, 2.45) is 0 Å². The van der Waals surface area contributed by atoms with E-state index in [0.29, 0.717) is 28.4 Å². The van der Waals surface area contributed by atoms with Gasteiger partial charge in [-0.15, -0.1) is 0 Å². The second-order valence-corrected chi connectivity index (χ2v) is 8.78. The first-order chi connectivity index (χ1) is 14.8. The Morgan fingerprint density at radius 3 is 2.45 bits per heavy atom. The van der Waals surface area contributed by atoms with Gasteiger partial charge >= 0.3 is 0 Å². The topological polar surface area (TPSA) is 84.5 Å². The number of benzene rings is 3. The third-order valence-corrected chi connectivity index (χ3v) is 6.01. The van der Waals surface area contributed by atoms with Gasteiger partial charge in [-0.05, 0) is 66.6 Å². The molecule has 0 aliphatic heterocycles. The lowest BCUT2D eigenvalue weighted by Crippen LogP contribution is -2.15. The first kappa shape index (κ1) is 22.6. The van der Waals surface area contributed by atoms with E-state index >= 15 is 0 Å². The molecule has 0 heterocycles. The maximum Gasteiger partial charge on any atom is 0.261 e. The molecule has 0 aliphatic rings. The number of carbonyl (C=O) groups excluding carboxylic acids is 1. The number of amides is 1. The fourth-order valence-corrected chi connectivity index (χ4v) is 4.05. The van der Waals surface area contributed by atoms with E-state index in [4.69, 9.17) is 16.3 Å². The van der Waals surface area contributed by atoms with Crippen molar-refractivity contribution in [2.75, 3.05) is 17.1 Å². The van der Waals surface area contributed by atoms with Gasteiger partial charge in [0.1, 0.15) is 0 Å². The Hall–Kier alpha value is -3.10. The minimum Gasteiger partial charge on any atom is -0.494 e. The van der Waals surface area contributed by atoms with Gasteiger partial charge in [0, 0.05) is 22.8 Å². The minimum absolute atomic E-state index is 0.00234. The Balaban J connectivity index is 1.63. The Labute approximate surface area is 185 Å². The molecule has 2 N–H and O–H groups in total. The molecule has 3 aromatic rings. The predicted molar refractivity (Wildman–Crippen MR) is 119 cm³/mol. The highest BCUT2D eigenvalue weighted by molar-refractivity contribution is 7.92. The molecule has 0 saturated carbocycles. The van der Waals surface area contributed by atoms with E-state index in [1.54, 1.807) is 36.4 Å². The summed E-state index contributed by atoms with van der Waals surface area (Å²) in [5.74, 6) is -0.679. The Kier molecular flexibility index (Phi) is 7.14. The Bertz CT molecular complexity index is 1180. The highest BCUT2D eigenvalue weighted by atomic mass is 35.5. The lowest BCUT2D eigenvalue weighted by molar-refractivity contribution is -0.116. The van der Waals surface area contributed by atoms with E-state index in [2.05, 4.69) is 10.0 Å². The molecule has 31 heavy (non-hydrogen) atoms. The van der Waals surface area contributed by atoms with Crippen molar-refractivity contribution in [3.05, 3.63) is 83.1 Å². The molecule has 0 radical (unpaired) electrons. The van der Waals surface area contributed by atoms with Crippen LogP contribution in [0, 0.1) is 5.82 Å². The van der Waals surface area contributed by atoms with Crippen LogP contribution in [0.25, 0.3) is 0 Å². The number of hydrogen-bond acceptors (Lipinski definition) is 4. The second kappa shape index (κ2) is 9.80. The first-order valence-corrected chi connectivity index (χ1v) is 11.1. The number of nitrogens with one attached hydrogen (secondary N) is 2. The van der Waals surface area contributed by atoms with Crippen LogP contribution in [0.2, 0.25) is 5.02 Å². The number of carbonyl (C=O) groups is 1. The standard InChI is InChI=1S/C22H20ClFN2O4S/c1-30-21-11-5-15(13-20(21)24)6-12-22(27)25-18-3-2-4-19(14-18)31(28,29)26-17-9-7-16(23)8-10-17/h2-5,7-11,13-14,26H,6,12H2,1H3,(H,25,27). The summed E-state index contributed by atoms with van der Waals surface area (Å²) in [6.45, 7) is 0. The van der Waals surface area contributed by atoms with Crippen LogP contribution in [0.3, 0.4) is 0 Å². The molecule has 0 fully saturated rings. The van der Waals surface area contributed by atoms with Gasteiger partial charge in [-0.2, -0.15) is 0 Å². The average Bonchev–Trinajstić information content (AvgIpc) is 2.74. The van der Waals surface area contributed by atoms with Crippen LogP contribution in [0.15, 0.2) is 71.6 Å². The number of anilines is 2. The van der Waals surface area contributed by atoms with Crippen LogP contribution in [0.4, 0.5) is 15.8 Å². The SMILES string of the molecule is COc1ccc(CCC(=O)Nc2cccc(S(=O)(=O)Nc3ccc(Cl)cc3)c2)cc1F. The van der Waals surface area contributed by atoms with Crippen LogP contribution in [0.5, 0.6) is 5.75 Å². The lowest BCUT2D eigenvalue weighted by atomic mass is 10.1. The van der Waals surface area contributed by atoms with Crippen LogP contribution >= 0.6 is 11.6 Å². The molecule has 3 rings (SSSR count). The summed E-state index contributed by atoms with van der Waals surface area (Å²) in [4.78, 5) is 12.3. The van der Waals surface area contributed by atoms with Crippen LogP contribution in [-0.2, 0) is 21.2 Å². The van der Waals surface area contributed by atoms with E-state index in [9.17, 15) is 17.6 Å². The lowest BCUT2D eigenvalue weighted by Gasteiger charge is -2.11. The summed E-state index contributed by atoms with van der Waals surface area (Å²) in [5.41, 5.74) is 1.35. The molecule has 1 amide bonds. The van der Waals surface area contributed by atoms with E-state index < -0.39 is 15.8 Å². The number of ether oxygens (including phenoxy) is 1. The molecule has 0 aromatic heterocycles. The Morgan fingerprint density at radius 1 is 1.03 bits per heavy atom. The third kappa shape index (κ3) is 6.19. The van der Waals surface area contributed by atoms with Crippen molar-refractivity contribution in [3.8, 4) is 5.75 Å². The van der Waals surface area contributed by atoms with E-state index in [1.807, 2.05) is 0 Å². The minimum atomic E-state index is -3.85. The van der Waals surface area contributed by atoms with E-state index in [0.717, 1.165) is 0 Å². The number of methoxy groups -OCH3 is 1. The molecule has 0 unspecified atom stereocenters. The number of halogens is 2. The first-order valence-electron chi connectivity index (χ1n) is 9.27. The van der Waals surface area contributed by atoms with Gasteiger partial charge < -0.3 is 10.1 Å². The molecular weight excluding hydrogens is 443 g/mol. The maximum absolute atomic E-state index is 13.8. The third-order valence-electron chi connectivity index (χ3n) is 4.38. The highest BCUT2D eigenvalue weighted by Crippen LogP contribution is 2.22. The van der Waals surface area contributed by atoms with Gasteiger partial charge in [0.25, 0.3) is 10.0 Å². The van der Waals surface area contributed by atoms with Gasteiger partial charge in [-0.25, -0.2) is 12.8 Å². The molecule has 0 atom stereocenters. The fraction of sp³-hybridized carbons (Fsp3) is 0.136. The molecule has 0 saturated heterocycles. The summed E-state index contributed by atoms with van der Waals surface area (Å²) in [5, 5.41) is 3.16. The normalized spacial score (nSPS) is 11.1. The van der Waals surface area contributed by atoms with Gasteiger partial charge in [0.15, 0.2) is 11.6 Å². The number of aryl methyl sites for hydroxylation is 1. The predicted octanol–water partition coefficient (Wildman–Crippen LogP) is 4.86. The molecule has 6 nitrogen and oxygen atoms in total. The zero-order chi connectivity index (χ0) is 22.4. The molecule has 0 bridgehead atoms. The maximum atomic E-state index is 13.8. The van der Waals surface area contributed by atoms with Crippen molar-refractivity contribution in [1.82, 2.24) is 0 Å². The van der Waals surface area contributed by atoms with Crippen molar-refractivity contribution in [2.45, 2.75) is 17.7 Å². The zero-order valence-corrected chi connectivity index (χ0v) is 18.1. The molecule has 0 aliphatic carbocycles.